The largest absolute Gasteiger partial charge is 0.506 e. The zero-order valence-corrected chi connectivity index (χ0v) is 25.9. The zero-order chi connectivity index (χ0) is 32.3. The third kappa shape index (κ3) is 6.43. The van der Waals surface area contributed by atoms with Gasteiger partial charge in [0.05, 0.1) is 17.0 Å². The number of nitrogens with zero attached hydrogens (tertiary/aromatic N) is 1. The van der Waals surface area contributed by atoms with Crippen molar-refractivity contribution in [2.75, 3.05) is 13.1 Å². The van der Waals surface area contributed by atoms with Crippen LogP contribution in [-0.4, -0.2) is 50.2 Å². The summed E-state index contributed by atoms with van der Waals surface area (Å²) in [6.07, 6.45) is 6.16. The van der Waals surface area contributed by atoms with Gasteiger partial charge < -0.3 is 30.5 Å². The van der Waals surface area contributed by atoms with E-state index in [0.717, 1.165) is 66.3 Å². The van der Waals surface area contributed by atoms with Crippen molar-refractivity contribution in [3.05, 3.63) is 110 Å². The van der Waals surface area contributed by atoms with E-state index in [0.29, 0.717) is 48.9 Å². The Morgan fingerprint density at radius 3 is 2.59 bits per heavy atom. The number of aliphatic carboxylic acids is 1. The number of pyridine rings is 1. The van der Waals surface area contributed by atoms with Crippen LogP contribution in [0.1, 0.15) is 89.2 Å². The van der Waals surface area contributed by atoms with Crippen molar-refractivity contribution in [2.24, 2.45) is 0 Å². The molecule has 240 valence electrons. The predicted molar refractivity (Wildman–Crippen MR) is 176 cm³/mol. The molecule has 1 aromatic heterocycles. The number of rotatable bonds is 12. The molecule has 5 N–H and O–H groups in total. The van der Waals surface area contributed by atoms with Crippen molar-refractivity contribution in [1.29, 1.82) is 0 Å². The lowest BCUT2D eigenvalue weighted by Crippen LogP contribution is -2.37. The molecule has 1 aliphatic carbocycles. The van der Waals surface area contributed by atoms with Crippen molar-refractivity contribution >= 4 is 22.8 Å². The molecule has 0 radical (unpaired) electrons. The predicted octanol–water partition coefficient (Wildman–Crippen LogP) is 5.32. The van der Waals surface area contributed by atoms with Gasteiger partial charge in [-0.25, -0.2) is 0 Å². The number of aromatic nitrogens is 1. The third-order valence-electron chi connectivity index (χ3n) is 9.72. The number of H-pyrrole nitrogens is 1. The van der Waals surface area contributed by atoms with Crippen LogP contribution in [0.4, 0.5) is 0 Å². The van der Waals surface area contributed by atoms with Gasteiger partial charge in [-0.2, -0.15) is 0 Å². The Hall–Kier alpha value is -4.47. The fourth-order valence-electron chi connectivity index (χ4n) is 7.18. The molecule has 0 saturated heterocycles. The number of phenolic OH excluding ortho intramolecular Hbond substituents is 1. The number of carboxylic acid groups (broad SMARTS) is 1. The number of aromatic amines is 1. The first kappa shape index (κ1) is 31.5. The van der Waals surface area contributed by atoms with Crippen LogP contribution in [0.15, 0.2) is 71.5 Å². The second kappa shape index (κ2) is 13.5. The number of carbonyl (C=O) groups excluding carboxylic acids is 1. The average molecular weight is 624 g/mol. The number of amides is 1. The summed E-state index contributed by atoms with van der Waals surface area (Å²) in [6.45, 7) is 2.01. The highest BCUT2D eigenvalue weighted by molar-refractivity contribution is 5.98. The van der Waals surface area contributed by atoms with E-state index in [9.17, 15) is 29.7 Å². The van der Waals surface area contributed by atoms with Crippen LogP contribution in [-0.2, 0) is 29.7 Å². The maximum absolute atomic E-state index is 13.1. The van der Waals surface area contributed by atoms with Gasteiger partial charge in [-0.3, -0.25) is 14.4 Å². The second-order valence-corrected chi connectivity index (χ2v) is 12.8. The molecule has 1 saturated carbocycles. The summed E-state index contributed by atoms with van der Waals surface area (Å²) in [5, 5.41) is 34.9. The lowest BCUT2D eigenvalue weighted by Gasteiger charge is -2.34. The Bertz CT molecular complexity index is 1810. The number of benzene rings is 3. The van der Waals surface area contributed by atoms with Gasteiger partial charge in [0, 0.05) is 43.2 Å². The van der Waals surface area contributed by atoms with Crippen molar-refractivity contribution in [3.63, 3.8) is 0 Å². The number of fused-ring (bicyclic) bond motifs is 2. The third-order valence-corrected chi connectivity index (χ3v) is 9.72. The first-order chi connectivity index (χ1) is 22.2. The van der Waals surface area contributed by atoms with Crippen LogP contribution in [0.25, 0.3) is 10.9 Å². The molecule has 3 aromatic carbocycles. The number of aryl methyl sites for hydroxylation is 1. The molecule has 9 heteroatoms. The summed E-state index contributed by atoms with van der Waals surface area (Å²) in [5.74, 6) is -0.714. The number of aliphatic hydroxyl groups excluding tert-OH is 1. The normalized spacial score (nSPS) is 16.5. The van der Waals surface area contributed by atoms with Crippen LogP contribution in [0.3, 0.4) is 0 Å². The fourth-order valence-corrected chi connectivity index (χ4v) is 7.18. The van der Waals surface area contributed by atoms with Gasteiger partial charge in [0.25, 0.3) is 5.91 Å². The van der Waals surface area contributed by atoms with Crippen molar-refractivity contribution < 1.29 is 24.9 Å². The van der Waals surface area contributed by atoms with Crippen LogP contribution in [0, 0.1) is 0 Å². The van der Waals surface area contributed by atoms with E-state index in [1.54, 1.807) is 12.1 Å². The Morgan fingerprint density at radius 2 is 1.78 bits per heavy atom. The number of aliphatic hydroxyl groups is 1. The number of phenols is 1. The summed E-state index contributed by atoms with van der Waals surface area (Å²) in [4.78, 5) is 41.6. The Morgan fingerprint density at radius 1 is 0.957 bits per heavy atom. The van der Waals surface area contributed by atoms with Crippen LogP contribution < -0.4 is 10.9 Å². The highest BCUT2D eigenvalue weighted by Crippen LogP contribution is 2.40. The topological polar surface area (TPSA) is 143 Å². The molecular formula is C37H41N3O6. The molecule has 6 rings (SSSR count). The summed E-state index contributed by atoms with van der Waals surface area (Å²) < 4.78 is 0. The van der Waals surface area contributed by atoms with Crippen molar-refractivity contribution in [1.82, 2.24) is 15.2 Å². The number of nitrogens with one attached hydrogen (secondary N) is 2. The standard InChI is InChI=1S/C37H41N3O6/c41-31-14-12-29(30-13-15-33(43)39-34(30)31)32(42)22-38-21-25-10-11-28-26(19-25)23-40(35(28)44)18-5-2-7-24-8-6-9-27(20-24)37(36(45)46)16-3-1-4-17-37/h6,8-15,19-20,32,38,41-42H,1-5,7,16-18,21-23H2,(H,39,43)(H,45,46)/t32-/m0/s1. The van der Waals surface area contributed by atoms with Gasteiger partial charge in [0.15, 0.2) is 0 Å². The maximum Gasteiger partial charge on any atom is 0.314 e. The summed E-state index contributed by atoms with van der Waals surface area (Å²) in [7, 11) is 0. The van der Waals surface area contributed by atoms with Crippen molar-refractivity contribution in [2.45, 2.75) is 76.0 Å². The van der Waals surface area contributed by atoms with Crippen LogP contribution >= 0.6 is 0 Å². The monoisotopic (exact) mass is 623 g/mol. The van der Waals surface area contributed by atoms with Gasteiger partial charge in [-0.05, 0) is 78.1 Å². The molecule has 9 nitrogen and oxygen atoms in total. The van der Waals surface area contributed by atoms with E-state index < -0.39 is 17.5 Å². The molecule has 0 spiro atoms. The Balaban J connectivity index is 0.995. The second-order valence-electron chi connectivity index (χ2n) is 12.8. The molecule has 1 aliphatic heterocycles. The van der Waals surface area contributed by atoms with Crippen molar-refractivity contribution in [3.8, 4) is 5.75 Å². The van der Waals surface area contributed by atoms with E-state index >= 15 is 0 Å². The van der Waals surface area contributed by atoms with Crippen LogP contribution in [0.5, 0.6) is 5.75 Å². The van der Waals surface area contributed by atoms with Gasteiger partial charge in [-0.15, -0.1) is 0 Å². The van der Waals surface area contributed by atoms with E-state index in [1.807, 2.05) is 35.2 Å². The Kier molecular flexibility index (Phi) is 9.24. The van der Waals surface area contributed by atoms with E-state index in [-0.39, 0.29) is 23.8 Å². The quantitative estimate of drug-likeness (QED) is 0.134. The van der Waals surface area contributed by atoms with Gasteiger partial charge in [0.1, 0.15) is 5.75 Å². The highest BCUT2D eigenvalue weighted by atomic mass is 16.4. The number of unbranched alkanes of at least 4 members (excludes halogenated alkanes) is 1. The van der Waals surface area contributed by atoms with Gasteiger partial charge in [0.2, 0.25) is 5.56 Å². The summed E-state index contributed by atoms with van der Waals surface area (Å²) >= 11 is 0. The summed E-state index contributed by atoms with van der Waals surface area (Å²) in [6, 6.07) is 20.0. The SMILES string of the molecule is O=C1c2ccc(CNC[C@H](O)c3ccc(O)c4[nH]c(=O)ccc34)cc2CN1CCCCc1cccc(C2(C(=O)O)CCCCC2)c1. The molecule has 2 heterocycles. The number of hydrogen-bond donors (Lipinski definition) is 5. The fraction of sp³-hybridized carbons (Fsp3) is 0.378. The minimum atomic E-state index is -0.853. The summed E-state index contributed by atoms with van der Waals surface area (Å²) in [5.41, 5.74) is 4.63. The smallest absolute Gasteiger partial charge is 0.314 e. The molecule has 0 bridgehead atoms. The van der Waals surface area contributed by atoms with Gasteiger partial charge >= 0.3 is 5.97 Å². The molecule has 46 heavy (non-hydrogen) atoms. The van der Waals surface area contributed by atoms with E-state index in [2.05, 4.69) is 22.4 Å². The molecule has 4 aromatic rings. The molecule has 1 fully saturated rings. The molecule has 1 atom stereocenters. The number of hydrogen-bond acceptors (Lipinski definition) is 6. The lowest BCUT2D eigenvalue weighted by molar-refractivity contribution is -0.145. The first-order valence-electron chi connectivity index (χ1n) is 16.2. The van der Waals surface area contributed by atoms with E-state index in [1.165, 1.54) is 12.1 Å². The average Bonchev–Trinajstić information content (AvgIpc) is 3.37. The molecule has 0 unspecified atom stereocenters. The zero-order valence-electron chi connectivity index (χ0n) is 25.9. The molecular weight excluding hydrogens is 582 g/mol. The minimum Gasteiger partial charge on any atom is -0.506 e. The first-order valence-corrected chi connectivity index (χ1v) is 16.2. The number of carboxylic acids is 1. The highest BCUT2D eigenvalue weighted by Gasteiger charge is 2.41. The number of carbonyl (C=O) groups is 2. The molecule has 2 aliphatic rings. The lowest BCUT2D eigenvalue weighted by atomic mass is 9.69. The number of aromatic hydroxyl groups is 1. The van der Waals surface area contributed by atoms with Crippen LogP contribution in [0.2, 0.25) is 0 Å². The van der Waals surface area contributed by atoms with Gasteiger partial charge in [-0.1, -0.05) is 61.7 Å². The van der Waals surface area contributed by atoms with E-state index in [4.69, 9.17) is 0 Å². The minimum absolute atomic E-state index is 0.0462. The molecule has 1 amide bonds. The maximum atomic E-state index is 13.1. The Labute approximate surface area is 267 Å².